The molecular formula is C22H24O4S. The summed E-state index contributed by atoms with van der Waals surface area (Å²) in [7, 11) is -3.17. The highest BCUT2D eigenvalue weighted by Gasteiger charge is 2.28. The molecule has 0 radical (unpaired) electrons. The van der Waals surface area contributed by atoms with Crippen LogP contribution >= 0.6 is 0 Å². The maximum Gasteiger partial charge on any atom is 0.336 e. The zero-order valence-corrected chi connectivity index (χ0v) is 16.7. The lowest BCUT2D eigenvalue weighted by atomic mass is 10.0. The van der Waals surface area contributed by atoms with Crippen molar-refractivity contribution in [2.45, 2.75) is 44.1 Å². The van der Waals surface area contributed by atoms with E-state index < -0.39 is 14.6 Å². The van der Waals surface area contributed by atoms with Gasteiger partial charge in [0.1, 0.15) is 5.58 Å². The first-order valence-corrected chi connectivity index (χ1v) is 10.6. The summed E-state index contributed by atoms with van der Waals surface area (Å²) in [6.07, 6.45) is 1.71. The molecule has 0 fully saturated rings. The number of hydrogen-bond donors (Lipinski definition) is 0. The van der Waals surface area contributed by atoms with E-state index in [1.54, 1.807) is 26.8 Å². The molecule has 0 unspecified atom stereocenters. The molecule has 3 rings (SSSR count). The van der Waals surface area contributed by atoms with Gasteiger partial charge in [-0.1, -0.05) is 30.3 Å². The largest absolute Gasteiger partial charge is 0.423 e. The topological polar surface area (TPSA) is 64.3 Å². The second-order valence-electron chi connectivity index (χ2n) is 7.81. The van der Waals surface area contributed by atoms with E-state index in [1.807, 2.05) is 42.5 Å². The second-order valence-corrected chi connectivity index (χ2v) is 10.6. The van der Waals surface area contributed by atoms with Crippen molar-refractivity contribution >= 4 is 20.8 Å². The number of aryl methyl sites for hydroxylation is 2. The number of hydrogen-bond acceptors (Lipinski definition) is 4. The summed E-state index contributed by atoms with van der Waals surface area (Å²) in [6, 6.07) is 16.8. The number of rotatable bonds is 5. The van der Waals surface area contributed by atoms with Crippen LogP contribution in [0.2, 0.25) is 0 Å². The van der Waals surface area contributed by atoms with Gasteiger partial charge in [0, 0.05) is 11.5 Å². The van der Waals surface area contributed by atoms with E-state index in [1.165, 1.54) is 6.07 Å². The van der Waals surface area contributed by atoms with Crippen molar-refractivity contribution in [2.24, 2.45) is 0 Å². The van der Waals surface area contributed by atoms with E-state index in [-0.39, 0.29) is 11.4 Å². The van der Waals surface area contributed by atoms with E-state index in [0.29, 0.717) is 5.58 Å². The highest BCUT2D eigenvalue weighted by Crippen LogP contribution is 2.21. The Morgan fingerprint density at radius 1 is 0.815 bits per heavy atom. The number of fused-ring (bicyclic) bond motifs is 1. The molecular weight excluding hydrogens is 360 g/mol. The van der Waals surface area contributed by atoms with Crippen molar-refractivity contribution in [3.63, 3.8) is 0 Å². The summed E-state index contributed by atoms with van der Waals surface area (Å²) in [5.74, 6) is 0.0622. The summed E-state index contributed by atoms with van der Waals surface area (Å²) in [4.78, 5) is 11.2. The Bertz CT molecular complexity index is 1100. The van der Waals surface area contributed by atoms with E-state index in [4.69, 9.17) is 4.42 Å². The van der Waals surface area contributed by atoms with Gasteiger partial charge in [-0.2, -0.15) is 0 Å². The third kappa shape index (κ3) is 4.66. The van der Waals surface area contributed by atoms with Gasteiger partial charge in [0.05, 0.1) is 10.5 Å². The van der Waals surface area contributed by atoms with Gasteiger partial charge in [-0.15, -0.1) is 0 Å². The average Bonchev–Trinajstić information content (AvgIpc) is 2.60. The summed E-state index contributed by atoms with van der Waals surface area (Å²) in [5, 5.41) is 0.912. The maximum absolute atomic E-state index is 12.3. The molecule has 0 atom stereocenters. The molecule has 142 valence electrons. The van der Waals surface area contributed by atoms with Crippen LogP contribution in [0.5, 0.6) is 0 Å². The molecule has 0 amide bonds. The van der Waals surface area contributed by atoms with Gasteiger partial charge < -0.3 is 4.42 Å². The Kier molecular flexibility index (Phi) is 5.24. The minimum absolute atomic E-state index is 0.0622. The van der Waals surface area contributed by atoms with Crippen LogP contribution in [-0.4, -0.2) is 13.2 Å². The smallest absolute Gasteiger partial charge is 0.336 e. The lowest BCUT2D eigenvalue weighted by Crippen LogP contribution is -2.29. The standard InChI is InChI=1S/C22H24O4S/c1-22(2,3)27(24,25)15-18-8-5-16(6-9-18)4-7-17-10-12-20-19(14-17)11-13-21(23)26-20/h5-6,8-14H,4,7,15H2,1-3H3. The molecule has 0 aliphatic rings. The van der Waals surface area contributed by atoms with Crippen molar-refractivity contribution in [3.05, 3.63) is 81.7 Å². The van der Waals surface area contributed by atoms with Gasteiger partial charge in [0.2, 0.25) is 0 Å². The van der Waals surface area contributed by atoms with Crippen LogP contribution in [0.15, 0.2) is 63.8 Å². The van der Waals surface area contributed by atoms with Crippen molar-refractivity contribution in [2.75, 3.05) is 0 Å². The average molecular weight is 384 g/mol. The molecule has 5 heteroatoms. The third-order valence-corrected chi connectivity index (χ3v) is 7.28. The number of sulfone groups is 1. The van der Waals surface area contributed by atoms with Crippen molar-refractivity contribution < 1.29 is 12.8 Å². The zero-order valence-electron chi connectivity index (χ0n) is 15.9. The minimum atomic E-state index is -3.17. The van der Waals surface area contributed by atoms with E-state index in [9.17, 15) is 13.2 Å². The first-order valence-electron chi connectivity index (χ1n) is 8.97. The Hall–Kier alpha value is -2.40. The lowest BCUT2D eigenvalue weighted by Gasteiger charge is -2.19. The van der Waals surface area contributed by atoms with E-state index in [2.05, 4.69) is 0 Å². The van der Waals surface area contributed by atoms with Crippen molar-refractivity contribution in [1.29, 1.82) is 0 Å². The Morgan fingerprint density at radius 2 is 1.41 bits per heavy atom. The van der Waals surface area contributed by atoms with Crippen molar-refractivity contribution in [3.8, 4) is 0 Å². The quantitative estimate of drug-likeness (QED) is 0.616. The predicted octanol–water partition coefficient (Wildman–Crippen LogP) is 4.29. The molecule has 2 aromatic carbocycles. The summed E-state index contributed by atoms with van der Waals surface area (Å²) in [6.45, 7) is 5.18. The molecule has 0 saturated carbocycles. The van der Waals surface area contributed by atoms with Crippen LogP contribution in [0.25, 0.3) is 11.0 Å². The molecule has 0 bridgehead atoms. The second kappa shape index (κ2) is 7.31. The van der Waals surface area contributed by atoms with Crippen molar-refractivity contribution in [1.82, 2.24) is 0 Å². The van der Waals surface area contributed by atoms with Crippen LogP contribution in [0.3, 0.4) is 0 Å². The molecule has 1 aromatic heterocycles. The maximum atomic E-state index is 12.3. The molecule has 1 heterocycles. The highest BCUT2D eigenvalue weighted by molar-refractivity contribution is 7.91. The fourth-order valence-electron chi connectivity index (χ4n) is 2.80. The summed E-state index contributed by atoms with van der Waals surface area (Å²) in [5.41, 5.74) is 3.39. The minimum Gasteiger partial charge on any atom is -0.423 e. The molecule has 27 heavy (non-hydrogen) atoms. The van der Waals surface area contributed by atoms with Gasteiger partial charge in [0.15, 0.2) is 9.84 Å². The molecule has 0 spiro atoms. The third-order valence-electron chi connectivity index (χ3n) is 4.70. The van der Waals surface area contributed by atoms with E-state index >= 15 is 0 Å². The lowest BCUT2D eigenvalue weighted by molar-refractivity contribution is 0.559. The van der Waals surface area contributed by atoms with Crippen LogP contribution < -0.4 is 5.63 Å². The van der Waals surface area contributed by atoms with Crippen LogP contribution in [0, 0.1) is 0 Å². The first kappa shape index (κ1) is 19.4. The molecule has 0 saturated heterocycles. The monoisotopic (exact) mass is 384 g/mol. The molecule has 0 N–H and O–H groups in total. The predicted molar refractivity (Wildman–Crippen MR) is 109 cm³/mol. The fourth-order valence-corrected chi connectivity index (χ4v) is 3.87. The van der Waals surface area contributed by atoms with Crippen LogP contribution in [0.1, 0.15) is 37.5 Å². The van der Waals surface area contributed by atoms with Gasteiger partial charge >= 0.3 is 5.63 Å². The Labute approximate surface area is 159 Å². The van der Waals surface area contributed by atoms with Gasteiger partial charge in [-0.05, 0) is 68.5 Å². The van der Waals surface area contributed by atoms with Crippen LogP contribution in [-0.2, 0) is 28.4 Å². The Morgan fingerprint density at radius 3 is 2.07 bits per heavy atom. The van der Waals surface area contributed by atoms with Gasteiger partial charge in [-0.3, -0.25) is 0 Å². The zero-order chi connectivity index (χ0) is 19.7. The Balaban J connectivity index is 1.67. The van der Waals surface area contributed by atoms with Crippen LogP contribution in [0.4, 0.5) is 0 Å². The van der Waals surface area contributed by atoms with Gasteiger partial charge in [0.25, 0.3) is 0 Å². The molecule has 0 aliphatic carbocycles. The molecule has 3 aromatic rings. The number of benzene rings is 2. The fraction of sp³-hybridized carbons (Fsp3) is 0.318. The summed E-state index contributed by atoms with van der Waals surface area (Å²) < 4.78 is 29.0. The normalized spacial score (nSPS) is 12.4. The summed E-state index contributed by atoms with van der Waals surface area (Å²) >= 11 is 0. The SMILES string of the molecule is CC(C)(C)S(=O)(=O)Cc1ccc(CCc2ccc3oc(=O)ccc3c2)cc1. The van der Waals surface area contributed by atoms with E-state index in [0.717, 1.165) is 34.9 Å². The highest BCUT2D eigenvalue weighted by atomic mass is 32.2. The van der Waals surface area contributed by atoms with Gasteiger partial charge in [-0.25, -0.2) is 13.2 Å². The first-order chi connectivity index (χ1) is 12.6. The molecule has 4 nitrogen and oxygen atoms in total. The molecule has 0 aliphatic heterocycles.